The van der Waals surface area contributed by atoms with Gasteiger partial charge in [-0.15, -0.1) is 0 Å². The fourth-order valence-electron chi connectivity index (χ4n) is 3.13. The second kappa shape index (κ2) is 8.37. The van der Waals surface area contributed by atoms with Crippen molar-refractivity contribution in [3.05, 3.63) is 63.7 Å². The number of halogens is 1. The average molecular weight is 389 g/mol. The highest BCUT2D eigenvalue weighted by atomic mass is 35.5. The van der Waals surface area contributed by atoms with Crippen LogP contribution in [0, 0.1) is 10.1 Å². The Hall–Kier alpha value is -2.64. The summed E-state index contributed by atoms with van der Waals surface area (Å²) in [6.45, 7) is 5.01. The number of nitro groups is 1. The van der Waals surface area contributed by atoms with E-state index in [1.807, 2.05) is 25.1 Å². The molecule has 1 fully saturated rings. The van der Waals surface area contributed by atoms with Crippen molar-refractivity contribution in [2.45, 2.75) is 13.0 Å². The predicted molar refractivity (Wildman–Crippen MR) is 106 cm³/mol. The number of anilines is 2. The number of amides is 1. The molecular weight excluding hydrogens is 368 g/mol. The molecule has 142 valence electrons. The number of hydrogen-bond donors (Lipinski definition) is 1. The molecule has 0 aliphatic carbocycles. The quantitative estimate of drug-likeness (QED) is 0.627. The van der Waals surface area contributed by atoms with Gasteiger partial charge in [-0.3, -0.25) is 19.8 Å². The monoisotopic (exact) mass is 388 g/mol. The maximum absolute atomic E-state index is 12.6. The van der Waals surface area contributed by atoms with E-state index in [-0.39, 0.29) is 28.3 Å². The fraction of sp³-hybridized carbons (Fsp3) is 0.316. The summed E-state index contributed by atoms with van der Waals surface area (Å²) in [5.41, 5.74) is 1.32. The van der Waals surface area contributed by atoms with Gasteiger partial charge in [0.2, 0.25) is 5.91 Å². The number of nitro benzene ring substituents is 1. The Balaban J connectivity index is 1.60. The van der Waals surface area contributed by atoms with Crippen molar-refractivity contribution in [3.63, 3.8) is 0 Å². The second-order valence-electron chi connectivity index (χ2n) is 6.45. The van der Waals surface area contributed by atoms with Crippen LogP contribution in [0.3, 0.4) is 0 Å². The lowest BCUT2D eigenvalue weighted by Gasteiger charge is -2.38. The normalized spacial score (nSPS) is 16.0. The molecule has 1 amide bonds. The fourth-order valence-corrected chi connectivity index (χ4v) is 3.30. The number of nitrogens with one attached hydrogen (secondary N) is 1. The van der Waals surface area contributed by atoms with Crippen LogP contribution in [0.1, 0.15) is 6.92 Å². The molecule has 3 rings (SSSR count). The van der Waals surface area contributed by atoms with Crippen molar-refractivity contribution in [3.8, 4) is 0 Å². The number of benzene rings is 2. The van der Waals surface area contributed by atoms with Gasteiger partial charge in [-0.1, -0.05) is 29.8 Å². The first-order valence-corrected chi connectivity index (χ1v) is 9.12. The van der Waals surface area contributed by atoms with Crippen LogP contribution in [-0.2, 0) is 4.79 Å². The van der Waals surface area contributed by atoms with E-state index in [1.165, 1.54) is 23.9 Å². The van der Waals surface area contributed by atoms with Gasteiger partial charge in [0.15, 0.2) is 0 Å². The van der Waals surface area contributed by atoms with E-state index in [1.54, 1.807) is 0 Å². The first-order chi connectivity index (χ1) is 13.0. The van der Waals surface area contributed by atoms with E-state index in [2.05, 4.69) is 27.2 Å². The van der Waals surface area contributed by atoms with Gasteiger partial charge in [-0.25, -0.2) is 0 Å². The van der Waals surface area contributed by atoms with Gasteiger partial charge in [-0.05, 0) is 25.1 Å². The smallest absolute Gasteiger partial charge is 0.271 e. The third kappa shape index (κ3) is 4.56. The largest absolute Gasteiger partial charge is 0.369 e. The Labute approximate surface area is 162 Å². The van der Waals surface area contributed by atoms with Crippen LogP contribution in [0.25, 0.3) is 0 Å². The molecule has 1 atom stereocenters. The minimum Gasteiger partial charge on any atom is -0.369 e. The Morgan fingerprint density at radius 2 is 1.81 bits per heavy atom. The molecule has 1 aliphatic heterocycles. The zero-order chi connectivity index (χ0) is 19.4. The third-order valence-corrected chi connectivity index (χ3v) is 5.11. The zero-order valence-corrected chi connectivity index (χ0v) is 15.7. The summed E-state index contributed by atoms with van der Waals surface area (Å²) in [7, 11) is 0. The highest BCUT2D eigenvalue weighted by Gasteiger charge is 2.26. The molecule has 8 heteroatoms. The number of para-hydroxylation sites is 1. The lowest BCUT2D eigenvalue weighted by molar-refractivity contribution is -0.384. The van der Waals surface area contributed by atoms with E-state index in [4.69, 9.17) is 11.6 Å². The van der Waals surface area contributed by atoms with E-state index < -0.39 is 4.92 Å². The summed E-state index contributed by atoms with van der Waals surface area (Å²) in [5.74, 6) is -0.231. The van der Waals surface area contributed by atoms with E-state index in [0.29, 0.717) is 0 Å². The van der Waals surface area contributed by atoms with Gasteiger partial charge in [0.25, 0.3) is 5.69 Å². The van der Waals surface area contributed by atoms with E-state index in [0.717, 1.165) is 26.2 Å². The first kappa shape index (κ1) is 19.1. The van der Waals surface area contributed by atoms with Crippen molar-refractivity contribution in [2.24, 2.45) is 0 Å². The maximum atomic E-state index is 12.6. The summed E-state index contributed by atoms with van der Waals surface area (Å²) in [4.78, 5) is 27.4. The SMILES string of the molecule is C[C@@H](C(=O)Nc1cc([N+](=O)[O-])ccc1Cl)N1CCN(c2ccccc2)CC1. The van der Waals surface area contributed by atoms with Gasteiger partial charge in [0.05, 0.1) is 21.7 Å². The molecule has 0 spiro atoms. The highest BCUT2D eigenvalue weighted by Crippen LogP contribution is 2.27. The molecule has 7 nitrogen and oxygen atoms in total. The Morgan fingerprint density at radius 3 is 2.44 bits per heavy atom. The average Bonchev–Trinajstić information content (AvgIpc) is 2.69. The van der Waals surface area contributed by atoms with Crippen LogP contribution in [0.4, 0.5) is 17.1 Å². The van der Waals surface area contributed by atoms with Crippen molar-refractivity contribution >= 4 is 34.6 Å². The summed E-state index contributed by atoms with van der Waals surface area (Å²) in [5, 5.41) is 13.9. The number of hydrogen-bond acceptors (Lipinski definition) is 5. The van der Waals surface area contributed by atoms with Crippen molar-refractivity contribution in [2.75, 3.05) is 36.4 Å². The summed E-state index contributed by atoms with van der Waals surface area (Å²) in [6, 6.07) is 13.8. The lowest BCUT2D eigenvalue weighted by Crippen LogP contribution is -2.52. The summed E-state index contributed by atoms with van der Waals surface area (Å²) < 4.78 is 0. The number of rotatable bonds is 5. The molecule has 0 aromatic heterocycles. The second-order valence-corrected chi connectivity index (χ2v) is 6.85. The van der Waals surface area contributed by atoms with Gasteiger partial charge >= 0.3 is 0 Å². The number of non-ortho nitro benzene ring substituents is 1. The minimum atomic E-state index is -0.516. The van der Waals surface area contributed by atoms with Gasteiger partial charge in [0.1, 0.15) is 0 Å². The predicted octanol–water partition coefficient (Wildman–Crippen LogP) is 3.40. The molecular formula is C19H21ClN4O3. The molecule has 2 aromatic carbocycles. The maximum Gasteiger partial charge on any atom is 0.271 e. The Bertz CT molecular complexity index is 823. The van der Waals surface area contributed by atoms with Crippen LogP contribution in [0.15, 0.2) is 48.5 Å². The number of nitrogens with zero attached hydrogens (tertiary/aromatic N) is 3. The molecule has 0 unspecified atom stereocenters. The van der Waals surface area contributed by atoms with Crippen LogP contribution < -0.4 is 10.2 Å². The molecule has 0 bridgehead atoms. The van der Waals surface area contributed by atoms with Crippen LogP contribution in [-0.4, -0.2) is 48.0 Å². The van der Waals surface area contributed by atoms with Crippen molar-refractivity contribution in [1.82, 2.24) is 4.90 Å². The number of carbonyl (C=O) groups excluding carboxylic acids is 1. The zero-order valence-electron chi connectivity index (χ0n) is 15.0. The summed E-state index contributed by atoms with van der Waals surface area (Å²) in [6.07, 6.45) is 0. The topological polar surface area (TPSA) is 78.7 Å². The molecule has 1 N–H and O–H groups in total. The molecule has 1 aliphatic rings. The van der Waals surface area contributed by atoms with Crippen LogP contribution >= 0.6 is 11.6 Å². The molecule has 1 heterocycles. The molecule has 2 aromatic rings. The molecule has 0 radical (unpaired) electrons. The minimum absolute atomic E-state index is 0.112. The standard InChI is InChI=1S/C19H21ClN4O3/c1-14(19(25)21-18-13-16(24(26)27)7-8-17(18)20)22-9-11-23(12-10-22)15-5-3-2-4-6-15/h2-8,13-14H,9-12H2,1H3,(H,21,25)/t14-/m0/s1. The summed E-state index contributed by atoms with van der Waals surface area (Å²) >= 11 is 6.06. The first-order valence-electron chi connectivity index (χ1n) is 8.74. The lowest BCUT2D eigenvalue weighted by atomic mass is 10.2. The third-order valence-electron chi connectivity index (χ3n) is 4.78. The van der Waals surface area contributed by atoms with Gasteiger partial charge in [-0.2, -0.15) is 0 Å². The Kier molecular flexibility index (Phi) is 5.93. The van der Waals surface area contributed by atoms with Gasteiger partial charge in [0, 0.05) is 44.0 Å². The molecule has 27 heavy (non-hydrogen) atoms. The van der Waals surface area contributed by atoms with E-state index >= 15 is 0 Å². The van der Waals surface area contributed by atoms with Gasteiger partial charge < -0.3 is 10.2 Å². The van der Waals surface area contributed by atoms with Crippen molar-refractivity contribution < 1.29 is 9.72 Å². The van der Waals surface area contributed by atoms with Crippen molar-refractivity contribution in [1.29, 1.82) is 0 Å². The molecule has 0 saturated carbocycles. The molecule has 1 saturated heterocycles. The highest BCUT2D eigenvalue weighted by molar-refractivity contribution is 6.33. The van der Waals surface area contributed by atoms with Crippen LogP contribution in [0.5, 0.6) is 0 Å². The number of carbonyl (C=O) groups is 1. The van der Waals surface area contributed by atoms with E-state index in [9.17, 15) is 14.9 Å². The van der Waals surface area contributed by atoms with Crippen LogP contribution in [0.2, 0.25) is 5.02 Å². The number of piperazine rings is 1. The Morgan fingerprint density at radius 1 is 1.15 bits per heavy atom.